The highest BCUT2D eigenvalue weighted by Crippen LogP contribution is 2.24. The molecule has 3 N–H and O–H groups in total. The molecule has 0 bridgehead atoms. The maximum absolute atomic E-state index is 13.4. The maximum atomic E-state index is 13.4. The van der Waals surface area contributed by atoms with Crippen LogP contribution in [0.3, 0.4) is 0 Å². The third-order valence-corrected chi connectivity index (χ3v) is 7.22. The number of para-hydroxylation sites is 1. The van der Waals surface area contributed by atoms with Crippen molar-refractivity contribution in [1.29, 1.82) is 0 Å². The average molecular weight is 533 g/mol. The number of benzene rings is 2. The summed E-state index contributed by atoms with van der Waals surface area (Å²) in [5.74, 6) is -0.566. The number of ether oxygens (including phenoxy) is 1. The Kier molecular flexibility index (Phi) is 9.39. The van der Waals surface area contributed by atoms with E-state index in [4.69, 9.17) is 0 Å². The van der Waals surface area contributed by atoms with Gasteiger partial charge in [-0.2, -0.15) is 8.42 Å². The molecular weight excluding hydrogens is 504 g/mol. The van der Waals surface area contributed by atoms with E-state index in [1.165, 1.54) is 30.6 Å². The van der Waals surface area contributed by atoms with Crippen molar-refractivity contribution in [2.24, 2.45) is 0 Å². The Morgan fingerprint density at radius 1 is 1.08 bits per heavy atom. The predicted octanol–water partition coefficient (Wildman–Crippen LogP) is 3.14. The molecule has 0 aliphatic carbocycles. The van der Waals surface area contributed by atoms with Crippen molar-refractivity contribution in [2.45, 2.75) is 31.8 Å². The number of hydrogen-bond acceptors (Lipinski definition) is 7. The molecule has 0 aliphatic rings. The van der Waals surface area contributed by atoms with E-state index < -0.39 is 34.4 Å². The molecule has 0 spiro atoms. The highest BCUT2D eigenvalue weighted by molar-refractivity contribution is 7.87. The number of nitrogens with one attached hydrogen (secondary N) is 2. The van der Waals surface area contributed by atoms with E-state index in [2.05, 4.69) is 20.4 Å². The first-order chi connectivity index (χ1) is 17.2. The normalized spacial score (nSPS) is 12.9. The third kappa shape index (κ3) is 7.51. The van der Waals surface area contributed by atoms with Crippen LogP contribution < -0.4 is 14.9 Å². The minimum Gasteiger partial charge on any atom is -0.453 e. The molecule has 1 aromatic heterocycles. The zero-order valence-corrected chi connectivity index (χ0v) is 21.5. The van der Waals surface area contributed by atoms with Crippen LogP contribution in [0.15, 0.2) is 66.0 Å². The minimum atomic E-state index is -4.68. The molecule has 0 radical (unpaired) electrons. The number of alkyl carbamates (subject to hydrolysis) is 1. The standard InChI is InChI=1S/C24H28N4O6S2/c1-3-22-25-21(16-35-22)20(15-28(36(31,32)33)18-12-8-5-9-13-18)26-23(29)19(27-24(30)34-2)14-17-10-6-4-7-11-17/h4-13,16,19-20H,3,14-15H2,1-2H3,(H,26,29)(H,27,30)(H,31,32,33)/t19-,20-/m0/s1. The lowest BCUT2D eigenvalue weighted by atomic mass is 10.0. The van der Waals surface area contributed by atoms with Gasteiger partial charge >= 0.3 is 16.4 Å². The van der Waals surface area contributed by atoms with E-state index in [1.807, 2.05) is 37.3 Å². The van der Waals surface area contributed by atoms with Gasteiger partial charge in [-0.15, -0.1) is 11.3 Å². The van der Waals surface area contributed by atoms with Crippen LogP contribution in [0.25, 0.3) is 0 Å². The van der Waals surface area contributed by atoms with Crippen molar-refractivity contribution in [3.8, 4) is 0 Å². The van der Waals surface area contributed by atoms with Crippen LogP contribution in [0.5, 0.6) is 0 Å². The molecular formula is C24H28N4O6S2. The second-order valence-corrected chi connectivity index (χ2v) is 10.1. The van der Waals surface area contributed by atoms with Gasteiger partial charge in [0.25, 0.3) is 0 Å². The Hall–Kier alpha value is -3.48. The fourth-order valence-corrected chi connectivity index (χ4v) is 5.01. The number of thiazole rings is 1. The summed E-state index contributed by atoms with van der Waals surface area (Å²) in [5, 5.41) is 7.88. The fraction of sp³-hybridized carbons (Fsp3) is 0.292. The first-order valence-corrected chi connectivity index (χ1v) is 13.4. The number of amides is 2. The zero-order chi connectivity index (χ0) is 26.1. The number of carbonyl (C=O) groups excluding carboxylic acids is 2. The molecule has 1 heterocycles. The average Bonchev–Trinajstić information content (AvgIpc) is 3.35. The van der Waals surface area contributed by atoms with Crippen LogP contribution in [0, 0.1) is 0 Å². The summed E-state index contributed by atoms with van der Waals surface area (Å²) in [6.07, 6.45) is 0.0485. The van der Waals surface area contributed by atoms with Crippen LogP contribution in [0.2, 0.25) is 0 Å². The molecule has 2 atom stereocenters. The summed E-state index contributed by atoms with van der Waals surface area (Å²) in [6, 6.07) is 15.2. The topological polar surface area (TPSA) is 138 Å². The van der Waals surface area contributed by atoms with Gasteiger partial charge in [0.15, 0.2) is 0 Å². The van der Waals surface area contributed by atoms with Crippen LogP contribution in [-0.2, 0) is 32.7 Å². The fourth-order valence-electron chi connectivity index (χ4n) is 3.49. The van der Waals surface area contributed by atoms with Gasteiger partial charge in [0, 0.05) is 11.8 Å². The van der Waals surface area contributed by atoms with Crippen molar-refractivity contribution in [3.05, 3.63) is 82.3 Å². The molecule has 192 valence electrons. The van der Waals surface area contributed by atoms with Crippen molar-refractivity contribution in [1.82, 2.24) is 15.6 Å². The highest BCUT2D eigenvalue weighted by Gasteiger charge is 2.30. The molecule has 0 aliphatic heterocycles. The van der Waals surface area contributed by atoms with E-state index in [0.29, 0.717) is 12.1 Å². The first-order valence-electron chi connectivity index (χ1n) is 11.1. The summed E-state index contributed by atoms with van der Waals surface area (Å²) in [6.45, 7) is 1.61. The summed E-state index contributed by atoms with van der Waals surface area (Å²) in [4.78, 5) is 29.9. The molecule has 2 aromatic carbocycles. The molecule has 2 amide bonds. The van der Waals surface area contributed by atoms with Crippen LogP contribution in [0.1, 0.15) is 29.2 Å². The highest BCUT2D eigenvalue weighted by atomic mass is 32.2. The first kappa shape index (κ1) is 27.1. The SMILES string of the molecule is CCc1nc([C@H](CN(c2ccccc2)S(=O)(=O)O)NC(=O)[C@H](Cc2ccccc2)NC(=O)OC)cs1. The smallest absolute Gasteiger partial charge is 0.407 e. The van der Waals surface area contributed by atoms with Crippen molar-refractivity contribution in [3.63, 3.8) is 0 Å². The second-order valence-electron chi connectivity index (χ2n) is 7.80. The molecule has 3 rings (SSSR count). The number of hydrogen-bond donors (Lipinski definition) is 3. The molecule has 0 unspecified atom stereocenters. The van der Waals surface area contributed by atoms with Crippen LogP contribution >= 0.6 is 11.3 Å². The number of aromatic nitrogens is 1. The number of methoxy groups -OCH3 is 1. The molecule has 36 heavy (non-hydrogen) atoms. The molecule has 0 saturated carbocycles. The molecule has 0 fully saturated rings. The zero-order valence-electron chi connectivity index (χ0n) is 19.8. The quantitative estimate of drug-likeness (QED) is 0.323. The van der Waals surface area contributed by atoms with E-state index in [1.54, 1.807) is 23.6 Å². The van der Waals surface area contributed by atoms with Crippen molar-refractivity contribution in [2.75, 3.05) is 18.0 Å². The molecule has 12 heteroatoms. The summed E-state index contributed by atoms with van der Waals surface area (Å²) in [7, 11) is -3.48. The van der Waals surface area contributed by atoms with Gasteiger partial charge in [0.05, 0.1) is 36.1 Å². The third-order valence-electron chi connectivity index (χ3n) is 5.29. The number of nitrogens with zero attached hydrogens (tertiary/aromatic N) is 2. The van der Waals surface area contributed by atoms with Gasteiger partial charge in [-0.1, -0.05) is 55.5 Å². The van der Waals surface area contributed by atoms with Gasteiger partial charge in [-0.3, -0.25) is 9.35 Å². The van der Waals surface area contributed by atoms with Gasteiger partial charge in [0.1, 0.15) is 6.04 Å². The van der Waals surface area contributed by atoms with E-state index >= 15 is 0 Å². The van der Waals surface area contributed by atoms with Crippen LogP contribution in [-0.4, -0.2) is 49.7 Å². The Morgan fingerprint density at radius 3 is 2.28 bits per heavy atom. The van der Waals surface area contributed by atoms with E-state index in [9.17, 15) is 22.6 Å². The summed E-state index contributed by atoms with van der Waals surface area (Å²) < 4.78 is 40.0. The van der Waals surface area contributed by atoms with Crippen LogP contribution in [0.4, 0.5) is 10.5 Å². The number of anilines is 1. The van der Waals surface area contributed by atoms with E-state index in [-0.39, 0.29) is 18.7 Å². The lowest BCUT2D eigenvalue weighted by molar-refractivity contribution is -0.123. The molecule has 3 aromatic rings. The van der Waals surface area contributed by atoms with E-state index in [0.717, 1.165) is 14.9 Å². The van der Waals surface area contributed by atoms with Gasteiger partial charge in [-0.25, -0.2) is 14.1 Å². The Morgan fingerprint density at radius 2 is 1.72 bits per heavy atom. The molecule has 0 saturated heterocycles. The van der Waals surface area contributed by atoms with Crippen molar-refractivity contribution >= 4 is 39.3 Å². The van der Waals surface area contributed by atoms with Gasteiger partial charge in [-0.05, 0) is 24.1 Å². The monoisotopic (exact) mass is 532 g/mol. The summed E-state index contributed by atoms with van der Waals surface area (Å²) in [5.41, 5.74) is 1.46. The van der Waals surface area contributed by atoms with Gasteiger partial charge < -0.3 is 15.4 Å². The van der Waals surface area contributed by atoms with Gasteiger partial charge in [0.2, 0.25) is 5.91 Å². The maximum Gasteiger partial charge on any atom is 0.407 e. The Labute approximate surface area is 214 Å². The molecule has 10 nitrogen and oxygen atoms in total. The second kappa shape index (κ2) is 12.5. The largest absolute Gasteiger partial charge is 0.453 e. The lowest BCUT2D eigenvalue weighted by Gasteiger charge is -2.28. The lowest BCUT2D eigenvalue weighted by Crippen LogP contribution is -2.50. The number of rotatable bonds is 11. The number of aryl methyl sites for hydroxylation is 1. The van der Waals surface area contributed by atoms with Crippen molar-refractivity contribution < 1.29 is 27.3 Å². The Bertz CT molecular complexity index is 1250. The predicted molar refractivity (Wildman–Crippen MR) is 137 cm³/mol. The minimum absolute atomic E-state index is 0.173. The summed E-state index contributed by atoms with van der Waals surface area (Å²) >= 11 is 1.38. The number of carbonyl (C=O) groups is 2. The Balaban J connectivity index is 1.93.